The zero-order valence-electron chi connectivity index (χ0n) is 7.88. The van der Waals surface area contributed by atoms with Crippen LogP contribution in [0.2, 0.25) is 0 Å². The molecule has 1 amide bonds. The largest absolute Gasteiger partial charge is 0.311 e. The van der Waals surface area contributed by atoms with Crippen LogP contribution in [0.5, 0.6) is 0 Å². The first-order chi connectivity index (χ1) is 6.79. The van der Waals surface area contributed by atoms with Gasteiger partial charge >= 0.3 is 0 Å². The van der Waals surface area contributed by atoms with Crippen molar-refractivity contribution >= 4 is 18.4 Å². The molecule has 1 aliphatic heterocycles. The van der Waals surface area contributed by atoms with Crippen molar-refractivity contribution < 1.29 is 9.59 Å². The number of hydrogen-bond acceptors (Lipinski definition) is 2. The Hall–Kier alpha value is -1.64. The van der Waals surface area contributed by atoms with Crippen LogP contribution in [0.1, 0.15) is 18.4 Å². The van der Waals surface area contributed by atoms with Crippen molar-refractivity contribution in [3.8, 4) is 0 Å². The molecule has 0 N–H and O–H groups in total. The van der Waals surface area contributed by atoms with E-state index in [1.54, 1.807) is 4.90 Å². The first kappa shape index (κ1) is 8.94. The molecule has 2 unspecified atom stereocenters. The summed E-state index contributed by atoms with van der Waals surface area (Å²) in [5.74, 6) is -0.184. The standard InChI is InChI=1S/C11H11NO2/c1-8-10(6-13)9-4-2-3-5-11(9)12(8)7-14/h2-8,10H,1H3. The summed E-state index contributed by atoms with van der Waals surface area (Å²) in [6.07, 6.45) is 1.69. The summed E-state index contributed by atoms with van der Waals surface area (Å²) in [5, 5.41) is 0. The van der Waals surface area contributed by atoms with Crippen LogP contribution in [0, 0.1) is 0 Å². The maximum absolute atomic E-state index is 10.9. The molecule has 0 spiro atoms. The Morgan fingerprint density at radius 2 is 2.00 bits per heavy atom. The molecule has 1 aliphatic rings. The van der Waals surface area contributed by atoms with E-state index >= 15 is 0 Å². The zero-order valence-corrected chi connectivity index (χ0v) is 7.88. The van der Waals surface area contributed by atoms with Gasteiger partial charge in [-0.3, -0.25) is 4.79 Å². The average molecular weight is 189 g/mol. The van der Waals surface area contributed by atoms with Gasteiger partial charge in [-0.2, -0.15) is 0 Å². The van der Waals surface area contributed by atoms with E-state index in [0.717, 1.165) is 23.9 Å². The molecule has 0 aromatic heterocycles. The molecular formula is C11H11NO2. The second-order valence-corrected chi connectivity index (χ2v) is 3.47. The van der Waals surface area contributed by atoms with E-state index in [1.807, 2.05) is 31.2 Å². The van der Waals surface area contributed by atoms with Crippen molar-refractivity contribution in [2.75, 3.05) is 4.90 Å². The summed E-state index contributed by atoms with van der Waals surface area (Å²) in [5.41, 5.74) is 1.80. The van der Waals surface area contributed by atoms with Crippen molar-refractivity contribution in [1.29, 1.82) is 0 Å². The van der Waals surface area contributed by atoms with Gasteiger partial charge in [-0.15, -0.1) is 0 Å². The SMILES string of the molecule is CC1C(C=O)c2ccccc2N1C=O. The number of nitrogens with zero attached hydrogens (tertiary/aromatic N) is 1. The van der Waals surface area contributed by atoms with Crippen LogP contribution in [0.25, 0.3) is 0 Å². The van der Waals surface area contributed by atoms with Crippen molar-refractivity contribution in [3.63, 3.8) is 0 Å². The van der Waals surface area contributed by atoms with Crippen LogP contribution in [0.4, 0.5) is 5.69 Å². The number of carbonyl (C=O) groups excluding carboxylic acids is 2. The topological polar surface area (TPSA) is 37.4 Å². The Balaban J connectivity index is 2.55. The Bertz CT molecular complexity index is 340. The van der Waals surface area contributed by atoms with Crippen molar-refractivity contribution in [2.24, 2.45) is 0 Å². The van der Waals surface area contributed by atoms with Gasteiger partial charge < -0.3 is 9.69 Å². The summed E-state index contributed by atoms with van der Waals surface area (Å²) >= 11 is 0. The highest BCUT2D eigenvalue weighted by Crippen LogP contribution is 2.38. The minimum Gasteiger partial charge on any atom is -0.311 e. The first-order valence-electron chi connectivity index (χ1n) is 4.57. The second-order valence-electron chi connectivity index (χ2n) is 3.47. The smallest absolute Gasteiger partial charge is 0.214 e. The summed E-state index contributed by atoms with van der Waals surface area (Å²) in [6.45, 7) is 1.88. The summed E-state index contributed by atoms with van der Waals surface area (Å²) in [6, 6.07) is 7.45. The quantitative estimate of drug-likeness (QED) is 0.658. The molecule has 14 heavy (non-hydrogen) atoms. The average Bonchev–Trinajstić information content (AvgIpc) is 2.49. The number of anilines is 1. The lowest BCUT2D eigenvalue weighted by molar-refractivity contribution is -0.109. The van der Waals surface area contributed by atoms with Gasteiger partial charge in [0.05, 0.1) is 5.92 Å². The monoisotopic (exact) mass is 189 g/mol. The Morgan fingerprint density at radius 3 is 2.64 bits per heavy atom. The third kappa shape index (κ3) is 1.05. The summed E-state index contributed by atoms with van der Waals surface area (Å²) in [4.78, 5) is 23.4. The minimum absolute atomic E-state index is 0.0672. The lowest BCUT2D eigenvalue weighted by atomic mass is 9.98. The number of aldehydes is 1. The fraction of sp³-hybridized carbons (Fsp3) is 0.273. The summed E-state index contributed by atoms with van der Waals surface area (Å²) < 4.78 is 0. The minimum atomic E-state index is -0.184. The number of benzene rings is 1. The normalized spacial score (nSPS) is 24.5. The van der Waals surface area contributed by atoms with Crippen LogP contribution in [-0.4, -0.2) is 18.7 Å². The number of hydrogen-bond donors (Lipinski definition) is 0. The Morgan fingerprint density at radius 1 is 1.29 bits per heavy atom. The first-order valence-corrected chi connectivity index (χ1v) is 4.57. The molecular weight excluding hydrogens is 178 g/mol. The fourth-order valence-electron chi connectivity index (χ4n) is 2.00. The van der Waals surface area contributed by atoms with Gasteiger partial charge in [0.15, 0.2) is 0 Å². The van der Waals surface area contributed by atoms with E-state index in [-0.39, 0.29) is 12.0 Å². The molecule has 0 radical (unpaired) electrons. The van der Waals surface area contributed by atoms with Gasteiger partial charge in [-0.1, -0.05) is 18.2 Å². The number of fused-ring (bicyclic) bond motifs is 1. The van der Waals surface area contributed by atoms with E-state index in [9.17, 15) is 9.59 Å². The van der Waals surface area contributed by atoms with E-state index in [0.29, 0.717) is 0 Å². The number of rotatable bonds is 2. The van der Waals surface area contributed by atoms with Gasteiger partial charge in [0.2, 0.25) is 6.41 Å². The lowest BCUT2D eigenvalue weighted by Crippen LogP contribution is -2.30. The molecule has 0 saturated heterocycles. The van der Waals surface area contributed by atoms with Gasteiger partial charge in [0, 0.05) is 11.7 Å². The summed E-state index contributed by atoms with van der Waals surface area (Å²) in [7, 11) is 0. The van der Waals surface area contributed by atoms with Crippen LogP contribution in [0.15, 0.2) is 24.3 Å². The van der Waals surface area contributed by atoms with E-state index in [2.05, 4.69) is 0 Å². The molecule has 0 fully saturated rings. The fourth-order valence-corrected chi connectivity index (χ4v) is 2.00. The molecule has 1 heterocycles. The molecule has 1 aromatic carbocycles. The van der Waals surface area contributed by atoms with Crippen molar-refractivity contribution in [1.82, 2.24) is 0 Å². The second kappa shape index (κ2) is 3.25. The van der Waals surface area contributed by atoms with Gasteiger partial charge in [-0.05, 0) is 18.6 Å². The Kier molecular flexibility index (Phi) is 2.08. The molecule has 72 valence electrons. The van der Waals surface area contributed by atoms with Crippen molar-refractivity contribution in [3.05, 3.63) is 29.8 Å². The zero-order chi connectivity index (χ0) is 10.1. The van der Waals surface area contributed by atoms with E-state index in [4.69, 9.17) is 0 Å². The number of carbonyl (C=O) groups is 2. The van der Waals surface area contributed by atoms with Crippen LogP contribution >= 0.6 is 0 Å². The number of para-hydroxylation sites is 1. The Labute approximate surface area is 82.3 Å². The maximum Gasteiger partial charge on any atom is 0.214 e. The van der Waals surface area contributed by atoms with Gasteiger partial charge in [0.25, 0.3) is 0 Å². The third-order valence-electron chi connectivity index (χ3n) is 2.79. The van der Waals surface area contributed by atoms with Crippen molar-refractivity contribution in [2.45, 2.75) is 18.9 Å². The molecule has 0 bridgehead atoms. The van der Waals surface area contributed by atoms with E-state index < -0.39 is 0 Å². The molecule has 3 heteroatoms. The lowest BCUT2D eigenvalue weighted by Gasteiger charge is -2.17. The number of amides is 1. The van der Waals surface area contributed by atoms with Gasteiger partial charge in [-0.25, -0.2) is 0 Å². The highest BCUT2D eigenvalue weighted by atomic mass is 16.1. The molecule has 2 rings (SSSR count). The van der Waals surface area contributed by atoms with Crippen LogP contribution < -0.4 is 4.90 Å². The molecule has 2 atom stereocenters. The predicted octanol–water partition coefficient (Wildman–Crippen LogP) is 1.33. The molecule has 1 aromatic rings. The third-order valence-corrected chi connectivity index (χ3v) is 2.79. The highest BCUT2D eigenvalue weighted by molar-refractivity contribution is 5.86. The van der Waals surface area contributed by atoms with Crippen LogP contribution in [-0.2, 0) is 9.59 Å². The van der Waals surface area contributed by atoms with Gasteiger partial charge in [0.1, 0.15) is 6.29 Å². The predicted molar refractivity (Wildman–Crippen MR) is 53.3 cm³/mol. The molecule has 3 nitrogen and oxygen atoms in total. The molecule has 0 aliphatic carbocycles. The maximum atomic E-state index is 10.9. The molecule has 0 saturated carbocycles. The van der Waals surface area contributed by atoms with Crippen LogP contribution in [0.3, 0.4) is 0 Å². The van der Waals surface area contributed by atoms with E-state index in [1.165, 1.54) is 0 Å². The highest BCUT2D eigenvalue weighted by Gasteiger charge is 2.34.